The van der Waals surface area contributed by atoms with Crippen LogP contribution in [0.5, 0.6) is 0 Å². The summed E-state index contributed by atoms with van der Waals surface area (Å²) in [6, 6.07) is -0.730. The van der Waals surface area contributed by atoms with Crippen molar-refractivity contribution in [2.45, 2.75) is 39.4 Å². The number of hydrogen-bond acceptors (Lipinski definition) is 3. The predicted molar refractivity (Wildman–Crippen MR) is 89.8 cm³/mol. The van der Waals surface area contributed by atoms with E-state index in [4.69, 9.17) is 0 Å². The number of rotatable bonds is 6. The van der Waals surface area contributed by atoms with Gasteiger partial charge in [-0.1, -0.05) is 31.7 Å². The molecule has 0 aromatic heterocycles. The maximum Gasteiger partial charge on any atom is 0.345 e. The van der Waals surface area contributed by atoms with E-state index in [1.807, 2.05) is 27.7 Å². The number of hydrogen-bond donors (Lipinski definition) is 2. The van der Waals surface area contributed by atoms with Crippen molar-refractivity contribution in [1.29, 1.82) is 0 Å². The largest absolute Gasteiger partial charge is 0.345 e. The van der Waals surface area contributed by atoms with Crippen LogP contribution >= 0.6 is 11.8 Å². The fraction of sp³-hybridized carbons (Fsp3) is 0.643. The van der Waals surface area contributed by atoms with Crippen LogP contribution < -0.4 is 10.6 Å². The average Bonchev–Trinajstić information content (AvgIpc) is 2.46. The van der Waals surface area contributed by atoms with Crippen LogP contribution in [0.25, 0.3) is 0 Å². The van der Waals surface area contributed by atoms with Crippen LogP contribution in [-0.2, 0) is 0 Å². The fourth-order valence-electron chi connectivity index (χ4n) is 1.32. The van der Waals surface area contributed by atoms with Crippen molar-refractivity contribution < 1.29 is 9.59 Å². The van der Waals surface area contributed by atoms with Crippen LogP contribution in [0.2, 0.25) is 0 Å². The lowest BCUT2D eigenvalue weighted by atomic mass is 10.4. The van der Waals surface area contributed by atoms with Gasteiger partial charge in [-0.3, -0.25) is 5.32 Å². The Labute approximate surface area is 131 Å². The lowest BCUT2D eigenvalue weighted by molar-refractivity contribution is 0.213. The van der Waals surface area contributed by atoms with Gasteiger partial charge in [0, 0.05) is 24.9 Å². The summed E-state index contributed by atoms with van der Waals surface area (Å²) in [6.07, 6.45) is 2.50. The van der Waals surface area contributed by atoms with Gasteiger partial charge in [0.25, 0.3) is 0 Å². The molecule has 0 spiro atoms. The summed E-state index contributed by atoms with van der Waals surface area (Å²) < 4.78 is 0. The fourth-order valence-corrected chi connectivity index (χ4v) is 2.15. The van der Waals surface area contributed by atoms with Gasteiger partial charge in [-0.05, 0) is 20.3 Å². The first-order chi connectivity index (χ1) is 9.98. The van der Waals surface area contributed by atoms with Gasteiger partial charge in [-0.2, -0.15) is 4.99 Å². The second-order valence-corrected chi connectivity index (χ2v) is 5.76. The second-order valence-electron chi connectivity index (χ2n) is 4.33. The summed E-state index contributed by atoms with van der Waals surface area (Å²) in [7, 11) is 0. The molecule has 0 aromatic carbocycles. The third-order valence-corrected chi connectivity index (χ3v) is 3.90. The molecule has 2 N–H and O–H groups in total. The monoisotopic (exact) mass is 314 g/mol. The van der Waals surface area contributed by atoms with E-state index >= 15 is 0 Å². The van der Waals surface area contributed by atoms with Crippen molar-refractivity contribution in [3.8, 4) is 0 Å². The van der Waals surface area contributed by atoms with Gasteiger partial charge in [0.2, 0.25) is 0 Å². The first-order valence-corrected chi connectivity index (χ1v) is 8.06. The number of nitrogens with zero attached hydrogens (tertiary/aromatic N) is 2. The highest BCUT2D eigenvalue weighted by Crippen LogP contribution is 2.15. The summed E-state index contributed by atoms with van der Waals surface area (Å²) in [5, 5.41) is 5.80. The van der Waals surface area contributed by atoms with Gasteiger partial charge >= 0.3 is 12.1 Å². The predicted octanol–water partition coefficient (Wildman–Crippen LogP) is 2.82. The Kier molecular flexibility index (Phi) is 10.4. The van der Waals surface area contributed by atoms with Crippen molar-refractivity contribution in [3.05, 3.63) is 12.7 Å². The quantitative estimate of drug-likeness (QED) is 0.450. The van der Waals surface area contributed by atoms with Gasteiger partial charge in [-0.15, -0.1) is 6.58 Å². The van der Waals surface area contributed by atoms with E-state index in [9.17, 15) is 9.59 Å². The van der Waals surface area contributed by atoms with Gasteiger partial charge in [-0.25, -0.2) is 9.59 Å². The van der Waals surface area contributed by atoms with Crippen LogP contribution in [0.15, 0.2) is 17.6 Å². The average molecular weight is 314 g/mol. The van der Waals surface area contributed by atoms with Crippen molar-refractivity contribution in [2.24, 2.45) is 4.99 Å². The van der Waals surface area contributed by atoms with Gasteiger partial charge in [0.05, 0.1) is 0 Å². The Morgan fingerprint density at radius 2 is 1.95 bits per heavy atom. The van der Waals surface area contributed by atoms with E-state index in [1.54, 1.807) is 11.0 Å². The minimum atomic E-state index is -0.392. The first kappa shape index (κ1) is 19.5. The molecule has 0 aliphatic heterocycles. The van der Waals surface area contributed by atoms with Crippen LogP contribution in [0.4, 0.5) is 9.59 Å². The molecular weight excluding hydrogens is 288 g/mol. The number of amides is 4. The summed E-state index contributed by atoms with van der Waals surface area (Å²) in [5.74, 6) is 0. The topological polar surface area (TPSA) is 73.8 Å². The molecule has 0 radical (unpaired) electrons. The van der Waals surface area contributed by atoms with E-state index in [0.717, 1.165) is 6.42 Å². The summed E-state index contributed by atoms with van der Waals surface area (Å²) in [4.78, 5) is 29.3. The Balaban J connectivity index is 4.90. The number of urea groups is 2. The Morgan fingerprint density at radius 3 is 2.43 bits per heavy atom. The van der Waals surface area contributed by atoms with Crippen LogP contribution in [0.1, 0.15) is 34.1 Å². The molecule has 0 saturated heterocycles. The first-order valence-electron chi connectivity index (χ1n) is 7.18. The third-order valence-electron chi connectivity index (χ3n) is 2.75. The van der Waals surface area contributed by atoms with Gasteiger partial charge in [0.15, 0.2) is 5.17 Å². The van der Waals surface area contributed by atoms with E-state index in [1.165, 1.54) is 11.8 Å². The molecule has 120 valence electrons. The van der Waals surface area contributed by atoms with E-state index in [-0.39, 0.29) is 11.3 Å². The van der Waals surface area contributed by atoms with E-state index in [0.29, 0.717) is 24.8 Å². The normalized spacial score (nSPS) is 12.5. The van der Waals surface area contributed by atoms with Crippen molar-refractivity contribution in [2.75, 3.05) is 19.6 Å². The van der Waals surface area contributed by atoms with Crippen LogP contribution in [0.3, 0.4) is 0 Å². The molecule has 1 atom stereocenters. The third kappa shape index (κ3) is 8.39. The van der Waals surface area contributed by atoms with Gasteiger partial charge in [0.1, 0.15) is 0 Å². The number of carbonyl (C=O) groups excluding carboxylic acids is 2. The number of amidine groups is 1. The zero-order valence-corrected chi connectivity index (χ0v) is 14.1. The Bertz CT molecular complexity index is 381. The molecule has 0 fully saturated rings. The SMILES string of the molecule is C=CCNC(=O)NC(=NC(=O)N(CC)CC)SC(C)CC. The standard InChI is InChI=1S/C14H26N4O2S/c1-6-10-15-12(19)16-13(21-11(5)7-2)17-14(20)18(8-3)9-4/h6,11H,1,7-10H2,2-5H3,(H2,15,16,17,19,20). The van der Waals surface area contributed by atoms with Crippen molar-refractivity contribution in [3.63, 3.8) is 0 Å². The zero-order valence-electron chi connectivity index (χ0n) is 13.3. The minimum Gasteiger partial charge on any atom is -0.334 e. The smallest absolute Gasteiger partial charge is 0.334 e. The number of carbonyl (C=O) groups is 2. The van der Waals surface area contributed by atoms with Crippen molar-refractivity contribution >= 4 is 29.0 Å². The maximum absolute atomic E-state index is 12.0. The Morgan fingerprint density at radius 1 is 1.33 bits per heavy atom. The lowest BCUT2D eigenvalue weighted by Gasteiger charge is -2.17. The zero-order chi connectivity index (χ0) is 16.3. The molecule has 7 heteroatoms. The maximum atomic E-state index is 12.0. The summed E-state index contributed by atoms with van der Waals surface area (Å²) >= 11 is 1.38. The van der Waals surface area contributed by atoms with E-state index in [2.05, 4.69) is 22.2 Å². The minimum absolute atomic E-state index is 0.257. The van der Waals surface area contributed by atoms with Crippen LogP contribution in [-0.4, -0.2) is 47.0 Å². The highest BCUT2D eigenvalue weighted by atomic mass is 32.2. The number of aliphatic imine (C=N–C) groups is 1. The van der Waals surface area contributed by atoms with Gasteiger partial charge < -0.3 is 10.2 Å². The molecular formula is C14H26N4O2S. The molecule has 6 nitrogen and oxygen atoms in total. The highest BCUT2D eigenvalue weighted by Gasteiger charge is 2.14. The van der Waals surface area contributed by atoms with Crippen molar-refractivity contribution in [1.82, 2.24) is 15.5 Å². The molecule has 0 aliphatic carbocycles. The highest BCUT2D eigenvalue weighted by molar-refractivity contribution is 8.14. The molecule has 0 aliphatic rings. The summed E-state index contributed by atoms with van der Waals surface area (Å²) in [5.41, 5.74) is 0. The molecule has 21 heavy (non-hydrogen) atoms. The number of thioether (sulfide) groups is 1. The lowest BCUT2D eigenvalue weighted by Crippen LogP contribution is -2.40. The molecule has 0 aromatic rings. The Hall–Kier alpha value is -1.50. The molecule has 0 rings (SSSR count). The molecule has 1 unspecified atom stereocenters. The second kappa shape index (κ2) is 11.2. The molecule has 0 heterocycles. The summed E-state index contributed by atoms with van der Waals surface area (Å²) in [6.45, 7) is 12.9. The molecule has 4 amide bonds. The van der Waals surface area contributed by atoms with Crippen LogP contribution in [0, 0.1) is 0 Å². The molecule has 0 bridgehead atoms. The number of nitrogens with one attached hydrogen (secondary N) is 2. The van der Waals surface area contributed by atoms with E-state index < -0.39 is 6.03 Å². The molecule has 0 saturated carbocycles.